The van der Waals surface area contributed by atoms with Gasteiger partial charge in [-0.05, 0) is 79.6 Å². The van der Waals surface area contributed by atoms with Gasteiger partial charge in [-0.15, -0.1) is 0 Å². The molecule has 1 heterocycles. The van der Waals surface area contributed by atoms with Gasteiger partial charge in [-0.1, -0.05) is 25.8 Å². The summed E-state index contributed by atoms with van der Waals surface area (Å²) in [6, 6.07) is 6.64. The third-order valence-corrected chi connectivity index (χ3v) is 6.28. The first-order valence-electron chi connectivity index (χ1n) is 11.0. The van der Waals surface area contributed by atoms with Crippen molar-refractivity contribution in [2.24, 2.45) is 0 Å². The van der Waals surface area contributed by atoms with Crippen molar-refractivity contribution >= 4 is 23.2 Å². The number of phenols is 1. The maximum absolute atomic E-state index is 13.5. The zero-order chi connectivity index (χ0) is 22.7. The second kappa shape index (κ2) is 9.41. The number of hydrogen-bond donors (Lipinski definition) is 3. The summed E-state index contributed by atoms with van der Waals surface area (Å²) < 4.78 is 0. The third-order valence-electron chi connectivity index (χ3n) is 6.28. The van der Waals surface area contributed by atoms with Gasteiger partial charge in [-0.25, -0.2) is 0 Å². The molecule has 1 aliphatic rings. The fourth-order valence-corrected chi connectivity index (χ4v) is 4.25. The molecule has 166 valence electrons. The Labute approximate surface area is 184 Å². The first-order valence-corrected chi connectivity index (χ1v) is 11.0. The van der Waals surface area contributed by atoms with E-state index in [1.54, 1.807) is 17.9 Å². The number of fused-ring (bicyclic) bond motifs is 1. The number of phenolic OH excluding ortho intramolecular Hbond substituents is 1. The zero-order valence-electron chi connectivity index (χ0n) is 18.9. The van der Waals surface area contributed by atoms with E-state index in [1.165, 1.54) is 0 Å². The van der Waals surface area contributed by atoms with Gasteiger partial charge in [-0.2, -0.15) is 0 Å². The molecule has 0 bridgehead atoms. The largest absolute Gasteiger partial charge is 0.507 e. The smallest absolute Gasteiger partial charge is 0.251 e. The molecule has 0 fully saturated rings. The molecule has 2 aromatic carbocycles. The highest BCUT2D eigenvalue weighted by Gasteiger charge is 2.36. The van der Waals surface area contributed by atoms with Gasteiger partial charge in [0.15, 0.2) is 0 Å². The fourth-order valence-electron chi connectivity index (χ4n) is 4.25. The van der Waals surface area contributed by atoms with Crippen LogP contribution in [0.3, 0.4) is 0 Å². The number of carbonyl (C=O) groups is 2. The Morgan fingerprint density at radius 1 is 1.16 bits per heavy atom. The Morgan fingerprint density at radius 3 is 2.61 bits per heavy atom. The van der Waals surface area contributed by atoms with E-state index in [0.717, 1.165) is 41.5 Å². The maximum atomic E-state index is 13.5. The lowest BCUT2D eigenvalue weighted by molar-refractivity contribution is -0.139. The number of nitrogen functional groups attached to an aromatic ring is 1. The molecule has 1 aliphatic heterocycles. The van der Waals surface area contributed by atoms with E-state index < -0.39 is 6.04 Å². The van der Waals surface area contributed by atoms with E-state index in [4.69, 9.17) is 5.73 Å². The number of benzene rings is 2. The van der Waals surface area contributed by atoms with Gasteiger partial charge in [0.05, 0.1) is 0 Å². The van der Waals surface area contributed by atoms with Crippen LogP contribution in [-0.2, 0) is 16.0 Å². The number of rotatable bonds is 6. The molecule has 6 heteroatoms. The van der Waals surface area contributed by atoms with Crippen molar-refractivity contribution in [1.29, 1.82) is 0 Å². The fraction of sp³-hybridized carbons (Fsp3) is 0.440. The van der Waals surface area contributed by atoms with Crippen LogP contribution < -0.4 is 11.1 Å². The Kier molecular flexibility index (Phi) is 6.88. The van der Waals surface area contributed by atoms with Crippen LogP contribution in [0.1, 0.15) is 66.5 Å². The summed E-state index contributed by atoms with van der Waals surface area (Å²) in [5.74, 6) is -0.0292. The summed E-state index contributed by atoms with van der Waals surface area (Å²) in [5.41, 5.74) is 11.3. The van der Waals surface area contributed by atoms with Crippen LogP contribution in [0.15, 0.2) is 24.3 Å². The van der Waals surface area contributed by atoms with Crippen LogP contribution >= 0.6 is 0 Å². The minimum Gasteiger partial charge on any atom is -0.507 e. The molecule has 2 amide bonds. The zero-order valence-corrected chi connectivity index (χ0v) is 18.9. The van der Waals surface area contributed by atoms with E-state index in [2.05, 4.69) is 12.2 Å². The van der Waals surface area contributed by atoms with Crippen LogP contribution in [-0.4, -0.2) is 28.4 Å². The van der Waals surface area contributed by atoms with Crippen molar-refractivity contribution < 1.29 is 14.7 Å². The molecule has 0 saturated heterocycles. The second-order valence-electron chi connectivity index (χ2n) is 8.48. The van der Waals surface area contributed by atoms with E-state index in [9.17, 15) is 14.7 Å². The molecule has 1 atom stereocenters. The molecule has 0 spiro atoms. The van der Waals surface area contributed by atoms with E-state index in [1.807, 2.05) is 32.0 Å². The van der Waals surface area contributed by atoms with E-state index >= 15 is 0 Å². The van der Waals surface area contributed by atoms with E-state index in [-0.39, 0.29) is 17.6 Å². The van der Waals surface area contributed by atoms with Gasteiger partial charge in [0.1, 0.15) is 11.8 Å². The Hall–Kier alpha value is -3.02. The monoisotopic (exact) mass is 423 g/mol. The minimum atomic E-state index is -0.727. The van der Waals surface area contributed by atoms with Crippen molar-refractivity contribution in [1.82, 2.24) is 4.90 Å². The standard InChI is InChI=1S/C25H33N3O3/c1-5-6-7-8-22(29)28-12-11-18-9-10-19(26)14-20(18)23(28)25(31)27-21-13-15(2)24(30)17(4)16(21)3/h9-10,13-14,23,30H,5-8,11-12,26H2,1-4H3,(H,27,31). The quantitative estimate of drug-likeness (QED) is 0.361. The van der Waals surface area contributed by atoms with Gasteiger partial charge < -0.3 is 21.1 Å². The normalized spacial score (nSPS) is 15.5. The molecule has 0 aliphatic carbocycles. The lowest BCUT2D eigenvalue weighted by Crippen LogP contribution is -2.45. The molecule has 3 rings (SSSR count). The number of unbranched alkanes of at least 4 members (excludes halogenated alkanes) is 2. The van der Waals surface area contributed by atoms with Gasteiger partial charge in [0, 0.05) is 24.3 Å². The van der Waals surface area contributed by atoms with Gasteiger partial charge in [0.2, 0.25) is 5.91 Å². The van der Waals surface area contributed by atoms with Gasteiger partial charge in [-0.3, -0.25) is 9.59 Å². The molecule has 0 radical (unpaired) electrons. The highest BCUT2D eigenvalue weighted by Crippen LogP contribution is 2.35. The predicted molar refractivity (Wildman–Crippen MR) is 124 cm³/mol. The summed E-state index contributed by atoms with van der Waals surface area (Å²) in [5, 5.41) is 13.2. The summed E-state index contributed by atoms with van der Waals surface area (Å²) in [4.78, 5) is 28.3. The van der Waals surface area contributed by atoms with Gasteiger partial charge >= 0.3 is 0 Å². The van der Waals surface area contributed by atoms with Crippen LogP contribution in [0.25, 0.3) is 0 Å². The summed E-state index contributed by atoms with van der Waals surface area (Å²) in [6.45, 7) is 8.10. The van der Waals surface area contributed by atoms with Crippen molar-refractivity contribution in [3.05, 3.63) is 52.1 Å². The molecule has 0 aromatic heterocycles. The predicted octanol–water partition coefficient (Wildman–Crippen LogP) is 4.54. The number of hydrogen-bond acceptors (Lipinski definition) is 4. The lowest BCUT2D eigenvalue weighted by atomic mass is 9.90. The molecule has 2 aromatic rings. The van der Waals surface area contributed by atoms with Crippen LogP contribution in [0.2, 0.25) is 0 Å². The van der Waals surface area contributed by atoms with Crippen molar-refractivity contribution in [2.45, 2.75) is 65.8 Å². The summed E-state index contributed by atoms with van der Waals surface area (Å²) in [7, 11) is 0. The number of nitrogens with two attached hydrogens (primary N) is 1. The first-order chi connectivity index (χ1) is 14.7. The van der Waals surface area contributed by atoms with Gasteiger partial charge in [0.25, 0.3) is 5.91 Å². The average molecular weight is 424 g/mol. The van der Waals surface area contributed by atoms with E-state index in [0.29, 0.717) is 36.3 Å². The Bertz CT molecular complexity index is 1000. The number of anilines is 2. The molecule has 6 nitrogen and oxygen atoms in total. The molecule has 0 saturated carbocycles. The molecule has 4 N–H and O–H groups in total. The van der Waals surface area contributed by atoms with Crippen molar-refractivity contribution in [3.8, 4) is 5.75 Å². The average Bonchev–Trinajstić information content (AvgIpc) is 2.75. The maximum Gasteiger partial charge on any atom is 0.251 e. The number of amides is 2. The van der Waals surface area contributed by atoms with Crippen LogP contribution in [0.4, 0.5) is 11.4 Å². The SMILES string of the molecule is CCCCCC(=O)N1CCc2ccc(N)cc2C1C(=O)Nc1cc(C)c(O)c(C)c1C. The first kappa shape index (κ1) is 22.7. The second-order valence-corrected chi connectivity index (χ2v) is 8.48. The number of nitrogens with one attached hydrogen (secondary N) is 1. The number of aryl methyl sites for hydroxylation is 1. The Balaban J connectivity index is 1.96. The molecule has 1 unspecified atom stereocenters. The molecular formula is C25H33N3O3. The topological polar surface area (TPSA) is 95.7 Å². The minimum absolute atomic E-state index is 0.00327. The number of carbonyl (C=O) groups excluding carboxylic acids is 2. The van der Waals surface area contributed by atoms with Crippen LogP contribution in [0, 0.1) is 20.8 Å². The number of aromatic hydroxyl groups is 1. The van der Waals surface area contributed by atoms with Crippen molar-refractivity contribution in [3.63, 3.8) is 0 Å². The third kappa shape index (κ3) is 4.68. The lowest BCUT2D eigenvalue weighted by Gasteiger charge is -2.37. The molecule has 31 heavy (non-hydrogen) atoms. The highest BCUT2D eigenvalue weighted by molar-refractivity contribution is 5.99. The highest BCUT2D eigenvalue weighted by atomic mass is 16.3. The molecular weight excluding hydrogens is 390 g/mol. The van der Waals surface area contributed by atoms with Crippen molar-refractivity contribution in [2.75, 3.05) is 17.6 Å². The Morgan fingerprint density at radius 2 is 1.90 bits per heavy atom. The van der Waals surface area contributed by atoms with Crippen LogP contribution in [0.5, 0.6) is 5.75 Å². The summed E-state index contributed by atoms with van der Waals surface area (Å²) in [6.07, 6.45) is 3.99. The number of nitrogens with zero attached hydrogens (tertiary/aromatic N) is 1. The summed E-state index contributed by atoms with van der Waals surface area (Å²) >= 11 is 0.